The van der Waals surface area contributed by atoms with Crippen LogP contribution in [0.3, 0.4) is 0 Å². The predicted molar refractivity (Wildman–Crippen MR) is 67.5 cm³/mol. The van der Waals surface area contributed by atoms with Gasteiger partial charge in [0.25, 0.3) is 5.69 Å². The van der Waals surface area contributed by atoms with Gasteiger partial charge in [-0.2, -0.15) is 0 Å². The summed E-state index contributed by atoms with van der Waals surface area (Å²) in [5, 5.41) is 10.8. The number of rotatable bonds is 2. The summed E-state index contributed by atoms with van der Waals surface area (Å²) in [5.41, 5.74) is 4.71. The van der Waals surface area contributed by atoms with E-state index in [9.17, 15) is 14.5 Å². The highest BCUT2D eigenvalue weighted by molar-refractivity contribution is 5.82. The van der Waals surface area contributed by atoms with E-state index in [-0.39, 0.29) is 23.7 Å². The Hall–Kier alpha value is -2.02. The summed E-state index contributed by atoms with van der Waals surface area (Å²) in [6.45, 7) is 2.24. The molecule has 19 heavy (non-hydrogen) atoms. The summed E-state index contributed by atoms with van der Waals surface area (Å²) in [7, 11) is 0. The van der Waals surface area contributed by atoms with Gasteiger partial charge in [0.15, 0.2) is 0 Å². The van der Waals surface area contributed by atoms with Crippen LogP contribution < -0.4 is 5.73 Å². The van der Waals surface area contributed by atoms with Crippen molar-refractivity contribution < 1.29 is 14.1 Å². The molecule has 0 aliphatic carbocycles. The summed E-state index contributed by atoms with van der Waals surface area (Å²) in [6.07, 6.45) is 0.409. The van der Waals surface area contributed by atoms with Gasteiger partial charge < -0.3 is 10.5 Å². The molecule has 2 rings (SSSR count). The van der Waals surface area contributed by atoms with E-state index < -0.39 is 16.3 Å². The topological polar surface area (TPSA) is 90.8 Å². The van der Waals surface area contributed by atoms with E-state index in [2.05, 4.69) is 4.99 Å². The first-order chi connectivity index (χ1) is 8.92. The smallest absolute Gasteiger partial charge is 0.270 e. The molecule has 0 radical (unpaired) electrons. The molecule has 1 aromatic rings. The third-order valence-electron chi connectivity index (χ3n) is 3.11. The van der Waals surface area contributed by atoms with Gasteiger partial charge in [0.05, 0.1) is 10.5 Å². The minimum absolute atomic E-state index is 0.162. The number of hydrogen-bond donors (Lipinski definition) is 1. The van der Waals surface area contributed by atoms with E-state index in [1.165, 1.54) is 6.07 Å². The van der Waals surface area contributed by atoms with Gasteiger partial charge in [-0.3, -0.25) is 15.1 Å². The molecule has 0 fully saturated rings. The number of hydrogen-bond acceptors (Lipinski definition) is 5. The molecule has 6 nitrogen and oxygen atoms in total. The minimum atomic E-state index is -0.948. The third kappa shape index (κ3) is 2.70. The van der Waals surface area contributed by atoms with Crippen molar-refractivity contribution in [3.63, 3.8) is 0 Å². The molecule has 1 heterocycles. The standard InChI is InChI=1S/C12H14FN3O3/c1-12(4-5-19-7-11(14)15-12)9-6-8(16(17)18)2-3-10(9)13/h2-3,6H,4-5,7H2,1H3,(H2,14,15). The summed E-state index contributed by atoms with van der Waals surface area (Å²) < 4.78 is 19.2. The fourth-order valence-electron chi connectivity index (χ4n) is 2.09. The molecule has 1 aromatic carbocycles. The largest absolute Gasteiger partial charge is 0.386 e. The molecule has 0 aromatic heterocycles. The first kappa shape index (κ1) is 13.4. The molecule has 0 spiro atoms. The summed E-state index contributed by atoms with van der Waals surface area (Å²) in [6, 6.07) is 3.41. The van der Waals surface area contributed by atoms with Crippen molar-refractivity contribution in [2.75, 3.05) is 13.2 Å². The van der Waals surface area contributed by atoms with Gasteiger partial charge in [-0.05, 0) is 19.4 Å². The van der Waals surface area contributed by atoms with Gasteiger partial charge in [-0.1, -0.05) is 0 Å². The lowest BCUT2D eigenvalue weighted by molar-refractivity contribution is -0.385. The molecule has 1 atom stereocenters. The zero-order chi connectivity index (χ0) is 14.0. The van der Waals surface area contributed by atoms with E-state index in [4.69, 9.17) is 10.5 Å². The Kier molecular flexibility index (Phi) is 3.48. The summed E-state index contributed by atoms with van der Waals surface area (Å²) >= 11 is 0. The van der Waals surface area contributed by atoms with Crippen LogP contribution in [-0.4, -0.2) is 24.0 Å². The molecular formula is C12H14FN3O3. The van der Waals surface area contributed by atoms with E-state index in [0.29, 0.717) is 13.0 Å². The highest BCUT2D eigenvalue weighted by Gasteiger charge is 2.32. The molecule has 0 saturated heterocycles. The second-order valence-corrected chi connectivity index (χ2v) is 4.60. The molecule has 1 unspecified atom stereocenters. The monoisotopic (exact) mass is 267 g/mol. The number of nitro groups is 1. The lowest BCUT2D eigenvalue weighted by Crippen LogP contribution is -2.25. The first-order valence-electron chi connectivity index (χ1n) is 5.79. The number of ether oxygens (including phenoxy) is 1. The highest BCUT2D eigenvalue weighted by Crippen LogP contribution is 2.34. The number of halogens is 1. The number of nitrogens with two attached hydrogens (primary N) is 1. The average molecular weight is 267 g/mol. The fourth-order valence-corrected chi connectivity index (χ4v) is 2.09. The van der Waals surface area contributed by atoms with E-state index in [1.54, 1.807) is 6.92 Å². The highest BCUT2D eigenvalue weighted by atomic mass is 19.1. The van der Waals surface area contributed by atoms with Crippen LogP contribution in [0.2, 0.25) is 0 Å². The quantitative estimate of drug-likeness (QED) is 0.652. The minimum Gasteiger partial charge on any atom is -0.386 e. The van der Waals surface area contributed by atoms with Crippen molar-refractivity contribution in [2.24, 2.45) is 10.7 Å². The molecule has 7 heteroatoms. The molecule has 102 valence electrons. The van der Waals surface area contributed by atoms with Crippen LogP contribution in [0.5, 0.6) is 0 Å². The van der Waals surface area contributed by atoms with Crippen LogP contribution in [-0.2, 0) is 10.3 Å². The van der Waals surface area contributed by atoms with Crippen LogP contribution in [0.4, 0.5) is 10.1 Å². The van der Waals surface area contributed by atoms with Gasteiger partial charge >= 0.3 is 0 Å². The zero-order valence-corrected chi connectivity index (χ0v) is 10.4. The van der Waals surface area contributed by atoms with Crippen LogP contribution in [0.25, 0.3) is 0 Å². The number of amidine groups is 1. The number of nitrogens with zero attached hydrogens (tertiary/aromatic N) is 2. The molecule has 0 saturated carbocycles. The second kappa shape index (κ2) is 4.93. The molecule has 2 N–H and O–H groups in total. The van der Waals surface area contributed by atoms with Crippen molar-refractivity contribution >= 4 is 11.5 Å². The van der Waals surface area contributed by atoms with E-state index in [1.807, 2.05) is 0 Å². The Morgan fingerprint density at radius 1 is 1.58 bits per heavy atom. The van der Waals surface area contributed by atoms with Gasteiger partial charge in [0.1, 0.15) is 18.3 Å². The molecular weight excluding hydrogens is 253 g/mol. The Morgan fingerprint density at radius 2 is 2.32 bits per heavy atom. The number of benzene rings is 1. The van der Waals surface area contributed by atoms with Crippen LogP contribution in [0, 0.1) is 15.9 Å². The van der Waals surface area contributed by atoms with Gasteiger partial charge in [0, 0.05) is 24.3 Å². The van der Waals surface area contributed by atoms with E-state index in [0.717, 1.165) is 12.1 Å². The van der Waals surface area contributed by atoms with Gasteiger partial charge in [-0.25, -0.2) is 4.39 Å². The first-order valence-corrected chi connectivity index (χ1v) is 5.79. The van der Waals surface area contributed by atoms with Crippen molar-refractivity contribution in [1.82, 2.24) is 0 Å². The Balaban J connectivity index is 2.52. The summed E-state index contributed by atoms with van der Waals surface area (Å²) in [4.78, 5) is 14.5. The van der Waals surface area contributed by atoms with Gasteiger partial charge in [-0.15, -0.1) is 0 Å². The van der Waals surface area contributed by atoms with Crippen molar-refractivity contribution in [2.45, 2.75) is 18.9 Å². The van der Waals surface area contributed by atoms with Crippen LogP contribution in [0.1, 0.15) is 18.9 Å². The van der Waals surface area contributed by atoms with Crippen molar-refractivity contribution in [3.8, 4) is 0 Å². The lowest BCUT2D eigenvalue weighted by atomic mass is 9.89. The molecule has 1 aliphatic rings. The van der Waals surface area contributed by atoms with Crippen LogP contribution >= 0.6 is 0 Å². The number of aliphatic imine (C=N–C) groups is 1. The number of nitro benzene ring substituents is 1. The Labute approximate surface area is 109 Å². The fraction of sp³-hybridized carbons (Fsp3) is 0.417. The van der Waals surface area contributed by atoms with Crippen molar-refractivity contribution in [3.05, 3.63) is 39.7 Å². The Bertz CT molecular complexity index is 547. The maximum absolute atomic E-state index is 13.9. The maximum atomic E-state index is 13.9. The SMILES string of the molecule is CC1(c2cc([N+](=O)[O-])ccc2F)CCOCC(N)=N1. The van der Waals surface area contributed by atoms with Crippen molar-refractivity contribution in [1.29, 1.82) is 0 Å². The van der Waals surface area contributed by atoms with E-state index >= 15 is 0 Å². The molecule has 0 amide bonds. The third-order valence-corrected chi connectivity index (χ3v) is 3.11. The van der Waals surface area contributed by atoms with Gasteiger partial charge in [0.2, 0.25) is 0 Å². The average Bonchev–Trinajstić information content (AvgIpc) is 2.51. The maximum Gasteiger partial charge on any atom is 0.270 e. The predicted octanol–water partition coefficient (Wildman–Crippen LogP) is 1.73. The summed E-state index contributed by atoms with van der Waals surface area (Å²) in [5.74, 6) is -0.280. The molecule has 0 bridgehead atoms. The Morgan fingerprint density at radius 3 is 3.00 bits per heavy atom. The zero-order valence-electron chi connectivity index (χ0n) is 10.4. The second-order valence-electron chi connectivity index (χ2n) is 4.60. The molecule has 1 aliphatic heterocycles. The number of non-ortho nitro benzene ring substituents is 1. The van der Waals surface area contributed by atoms with Crippen LogP contribution in [0.15, 0.2) is 23.2 Å². The normalized spacial score (nSPS) is 23.6. The lowest BCUT2D eigenvalue weighted by Gasteiger charge is -2.24.